The van der Waals surface area contributed by atoms with E-state index in [9.17, 15) is 19.1 Å². The molecule has 0 amide bonds. The lowest BCUT2D eigenvalue weighted by Gasteiger charge is -2.37. The lowest BCUT2D eigenvalue weighted by Crippen LogP contribution is -2.46. The minimum absolute atomic E-state index is 0.185. The maximum atomic E-state index is 13.0. The first kappa shape index (κ1) is 28.5. The first-order valence-electron chi connectivity index (χ1n) is 12.4. The van der Waals surface area contributed by atoms with Gasteiger partial charge in [0.05, 0.1) is 23.7 Å². The van der Waals surface area contributed by atoms with Gasteiger partial charge >= 0.3 is 7.82 Å². The van der Waals surface area contributed by atoms with Gasteiger partial charge in [0.15, 0.2) is 0 Å². The molecule has 0 saturated heterocycles. The fourth-order valence-corrected chi connectivity index (χ4v) is 5.47. The maximum absolute atomic E-state index is 13.0. The first-order valence-corrected chi connectivity index (χ1v) is 14.3. The highest BCUT2D eigenvalue weighted by Gasteiger charge is 2.39. The predicted octanol–water partition coefficient (Wildman–Crippen LogP) is 4.52. The number of imidazole rings is 1. The number of rotatable bonds is 8. The summed E-state index contributed by atoms with van der Waals surface area (Å²) in [7, 11) is -1.28. The molecule has 9 nitrogen and oxygen atoms in total. The number of halogens is 1. The van der Waals surface area contributed by atoms with Crippen LogP contribution < -0.4 is 10.9 Å². The van der Waals surface area contributed by atoms with Crippen molar-refractivity contribution < 1.29 is 18.9 Å². The normalized spacial score (nSPS) is 13.2. The fraction of sp³-hybridized carbons (Fsp3) is 0.133. The van der Waals surface area contributed by atoms with Crippen LogP contribution in [-0.2, 0) is 28.7 Å². The fourth-order valence-electron chi connectivity index (χ4n) is 5.11. The van der Waals surface area contributed by atoms with Crippen LogP contribution in [0.3, 0.4) is 0 Å². The molecule has 3 N–H and O–H groups in total. The predicted molar refractivity (Wildman–Crippen MR) is 158 cm³/mol. The van der Waals surface area contributed by atoms with Gasteiger partial charge in [-0.1, -0.05) is 47.9 Å². The van der Waals surface area contributed by atoms with Gasteiger partial charge in [0.2, 0.25) is 0 Å². The van der Waals surface area contributed by atoms with Crippen LogP contribution in [0.4, 0.5) is 0 Å². The average Bonchev–Trinajstić information content (AvgIpc) is 3.39. The monoisotopic (exact) mass is 588 g/mol. The van der Waals surface area contributed by atoms with E-state index in [2.05, 4.69) is 16.2 Å². The van der Waals surface area contributed by atoms with Gasteiger partial charge in [-0.15, -0.1) is 6.42 Å². The van der Waals surface area contributed by atoms with Gasteiger partial charge in [0, 0.05) is 36.1 Å². The average molecular weight is 589 g/mol. The van der Waals surface area contributed by atoms with Crippen LogP contribution >= 0.6 is 19.4 Å². The first-order chi connectivity index (χ1) is 19.5. The zero-order valence-corrected chi connectivity index (χ0v) is 23.8. The molecule has 0 unspecified atom stereocenters. The third kappa shape index (κ3) is 5.50. The van der Waals surface area contributed by atoms with Crippen LogP contribution in [0.25, 0.3) is 22.0 Å². The Morgan fingerprint density at radius 2 is 1.80 bits per heavy atom. The Kier molecular flexibility index (Phi) is 7.73. The Balaban J connectivity index is 1.84. The summed E-state index contributed by atoms with van der Waals surface area (Å²) in [5.41, 5.74) is 3.48. The summed E-state index contributed by atoms with van der Waals surface area (Å²) in [5.74, 6) is 2.64. The number of phosphoric acid groups is 1. The molecule has 2 heterocycles. The van der Waals surface area contributed by atoms with Crippen LogP contribution in [-0.4, -0.2) is 30.6 Å². The molecule has 2 aromatic heterocycles. The zero-order valence-electron chi connectivity index (χ0n) is 22.2. The molecule has 0 aliphatic carbocycles. The van der Waals surface area contributed by atoms with Crippen LogP contribution in [0, 0.1) is 12.3 Å². The third-order valence-corrected chi connectivity index (χ3v) is 7.79. The minimum Gasteiger partial charge on any atom is -0.335 e. The highest BCUT2D eigenvalue weighted by molar-refractivity contribution is 7.46. The molecule has 0 fully saturated rings. The van der Waals surface area contributed by atoms with Crippen LogP contribution in [0.1, 0.15) is 22.4 Å². The van der Waals surface area contributed by atoms with Crippen LogP contribution in [0.15, 0.2) is 90.1 Å². The summed E-state index contributed by atoms with van der Waals surface area (Å²) in [6.45, 7) is -0.500. The summed E-state index contributed by atoms with van der Waals surface area (Å²) in [4.78, 5) is 36.2. The van der Waals surface area contributed by atoms with Crippen molar-refractivity contribution in [3.63, 3.8) is 0 Å². The Labute approximate surface area is 241 Å². The molecule has 0 aliphatic heterocycles. The smallest absolute Gasteiger partial charge is 0.335 e. The molecular formula is C30H26ClN4O5P. The number of aromatic nitrogens is 3. The van der Waals surface area contributed by atoms with Gasteiger partial charge in [0.25, 0.3) is 5.56 Å². The largest absolute Gasteiger partial charge is 0.470 e. The van der Waals surface area contributed by atoms with Crippen LogP contribution in [0.5, 0.6) is 0 Å². The van der Waals surface area contributed by atoms with E-state index in [1.165, 1.54) is 0 Å². The molecule has 41 heavy (non-hydrogen) atoms. The summed E-state index contributed by atoms with van der Waals surface area (Å²) in [5, 5.41) is 4.52. The number of hydrogen-bond donors (Lipinski definition) is 3. The van der Waals surface area contributed by atoms with Crippen molar-refractivity contribution >= 4 is 30.3 Å². The molecule has 0 aliphatic rings. The quantitative estimate of drug-likeness (QED) is 0.139. The number of hydrogen-bond acceptors (Lipinski definition) is 5. The number of terminal acetylenes is 1. The molecule has 208 valence electrons. The standard InChI is InChI=1S/C30H26ClN4O5P/c1-4-20-6-5-7-21(14-20)25-16-29(36)35(3)27-13-10-23(15-26(25)27)30(28-17-32-18-34(28)2,33-19-40-41(37,38)39)22-8-11-24(31)12-9-22/h1,5-18,33H,19H2,2-3H3,(H2,37,38,39)/t30-/m1/s1. The number of pyridine rings is 1. The van der Waals surface area contributed by atoms with Crippen molar-refractivity contribution in [1.82, 2.24) is 19.4 Å². The highest BCUT2D eigenvalue weighted by Crippen LogP contribution is 2.41. The van der Waals surface area contributed by atoms with E-state index in [-0.39, 0.29) is 5.56 Å². The number of aryl methyl sites for hydroxylation is 2. The number of phosphoric ester groups is 1. The molecular weight excluding hydrogens is 563 g/mol. The van der Waals surface area contributed by atoms with Gasteiger partial charge < -0.3 is 18.9 Å². The number of nitrogens with one attached hydrogen (secondary N) is 1. The van der Waals surface area contributed by atoms with Gasteiger partial charge in [-0.2, -0.15) is 0 Å². The van der Waals surface area contributed by atoms with Gasteiger partial charge in [0.1, 0.15) is 12.3 Å². The summed E-state index contributed by atoms with van der Waals surface area (Å²) < 4.78 is 19.9. The number of fused-ring (bicyclic) bond motifs is 1. The molecule has 1 atom stereocenters. The van der Waals surface area contributed by atoms with Gasteiger partial charge in [-0.25, -0.2) is 9.55 Å². The van der Waals surface area contributed by atoms with Gasteiger partial charge in [-0.3, -0.25) is 14.6 Å². The SMILES string of the molecule is C#Cc1cccc(-c2cc(=O)n(C)c3ccc([C@](NCOP(=O)(O)O)(c4ccc(Cl)cc4)c4cncn4C)cc23)c1. The summed E-state index contributed by atoms with van der Waals surface area (Å²) in [6.07, 6.45) is 8.96. The molecule has 0 radical (unpaired) electrons. The second-order valence-corrected chi connectivity index (χ2v) is 11.2. The van der Waals surface area contributed by atoms with Crippen molar-refractivity contribution in [2.24, 2.45) is 14.1 Å². The van der Waals surface area contributed by atoms with Crippen molar-refractivity contribution in [3.8, 4) is 23.5 Å². The zero-order chi connectivity index (χ0) is 29.4. The van der Waals surface area contributed by atoms with E-state index in [0.717, 1.165) is 10.9 Å². The van der Waals surface area contributed by atoms with Crippen molar-refractivity contribution in [1.29, 1.82) is 0 Å². The highest BCUT2D eigenvalue weighted by atomic mass is 35.5. The Morgan fingerprint density at radius 3 is 2.46 bits per heavy atom. The van der Waals surface area contributed by atoms with E-state index in [1.54, 1.807) is 46.9 Å². The van der Waals surface area contributed by atoms with Crippen LogP contribution in [0.2, 0.25) is 5.02 Å². The molecule has 5 rings (SSSR count). The number of benzene rings is 3. The third-order valence-electron chi connectivity index (χ3n) is 7.07. The molecule has 5 aromatic rings. The lowest BCUT2D eigenvalue weighted by molar-refractivity contribution is 0.167. The molecule has 11 heteroatoms. The Morgan fingerprint density at radius 1 is 1.07 bits per heavy atom. The van der Waals surface area contributed by atoms with Gasteiger partial charge in [-0.05, 0) is 58.7 Å². The lowest BCUT2D eigenvalue weighted by atomic mass is 9.79. The summed E-state index contributed by atoms with van der Waals surface area (Å²) >= 11 is 6.24. The number of nitrogens with zero attached hydrogens (tertiary/aromatic N) is 3. The molecule has 3 aromatic carbocycles. The van der Waals surface area contributed by atoms with Crippen molar-refractivity contribution in [2.75, 3.05) is 6.73 Å². The second kappa shape index (κ2) is 11.1. The summed E-state index contributed by atoms with van der Waals surface area (Å²) in [6, 6.07) is 21.7. The van der Waals surface area contributed by atoms with E-state index >= 15 is 0 Å². The van der Waals surface area contributed by atoms with E-state index in [0.29, 0.717) is 38.5 Å². The Hall–Kier alpha value is -4.00. The maximum Gasteiger partial charge on any atom is 0.470 e. The minimum atomic E-state index is -4.80. The Bertz CT molecular complexity index is 1910. The van der Waals surface area contributed by atoms with Crippen molar-refractivity contribution in [2.45, 2.75) is 5.54 Å². The van der Waals surface area contributed by atoms with E-state index in [4.69, 9.17) is 22.5 Å². The van der Waals surface area contributed by atoms with E-state index < -0.39 is 20.1 Å². The molecule has 0 spiro atoms. The molecule has 0 bridgehead atoms. The topological polar surface area (TPSA) is 119 Å². The van der Waals surface area contributed by atoms with E-state index in [1.807, 2.05) is 61.6 Å². The molecule has 0 saturated carbocycles. The second-order valence-electron chi connectivity index (χ2n) is 9.50. The van der Waals surface area contributed by atoms with Crippen molar-refractivity contribution in [3.05, 3.63) is 123 Å².